The summed E-state index contributed by atoms with van der Waals surface area (Å²) in [5, 5.41) is 0. The van der Waals surface area contributed by atoms with Crippen LogP contribution in [-0.4, -0.2) is 25.1 Å². The van der Waals surface area contributed by atoms with Gasteiger partial charge in [0.15, 0.2) is 0 Å². The molecule has 4 heterocycles. The van der Waals surface area contributed by atoms with Crippen molar-refractivity contribution in [3.8, 4) is 22.6 Å². The molecule has 4 nitrogen and oxygen atoms in total. The van der Waals surface area contributed by atoms with Crippen LogP contribution < -0.4 is 0 Å². The summed E-state index contributed by atoms with van der Waals surface area (Å²) in [5.74, 6) is 0.792. The zero-order valence-corrected chi connectivity index (χ0v) is 18.6. The molecule has 0 saturated carbocycles. The zero-order valence-electron chi connectivity index (χ0n) is 17.7. The van der Waals surface area contributed by atoms with Gasteiger partial charge in [0.25, 0.3) is 0 Å². The summed E-state index contributed by atoms with van der Waals surface area (Å²) in [6, 6.07) is 7.82. The van der Waals surface area contributed by atoms with Gasteiger partial charge in [-0.1, -0.05) is 20.8 Å². The van der Waals surface area contributed by atoms with E-state index >= 15 is 0 Å². The number of rotatable bonds is 4. The third kappa shape index (κ3) is 5.07. The molecule has 0 aromatic carbocycles. The molecule has 0 saturated heterocycles. The van der Waals surface area contributed by atoms with Crippen molar-refractivity contribution in [2.75, 3.05) is 5.75 Å². The first-order valence-electron chi connectivity index (χ1n) is 9.97. The molecule has 0 N–H and O–H groups in total. The van der Waals surface area contributed by atoms with Gasteiger partial charge in [-0.15, -0.1) is 11.8 Å². The van der Waals surface area contributed by atoms with E-state index in [4.69, 9.17) is 0 Å². The molecule has 0 atom stereocenters. The standard InChI is InChI=1S/C21H17F3N4S.C2H6/c1-3-29-18-9-14(16-10-15(4-6-25-16)21(22,23)24)11-26-20(18)17-12-28-7-5-13(2)8-19(28)27-17;1-2/h4-12H,3H2,1-2H3;1-2H3. The molecule has 162 valence electrons. The van der Waals surface area contributed by atoms with E-state index in [2.05, 4.69) is 15.0 Å². The molecule has 0 bridgehead atoms. The predicted octanol–water partition coefficient (Wildman–Crippen LogP) is 6.92. The molecule has 0 aliphatic heterocycles. The van der Waals surface area contributed by atoms with Crippen molar-refractivity contribution >= 4 is 17.4 Å². The Morgan fingerprint density at radius 2 is 1.81 bits per heavy atom. The number of thioether (sulfide) groups is 1. The minimum Gasteiger partial charge on any atom is -0.306 e. The summed E-state index contributed by atoms with van der Waals surface area (Å²) in [7, 11) is 0. The fourth-order valence-corrected chi connectivity index (χ4v) is 3.82. The van der Waals surface area contributed by atoms with Crippen LogP contribution in [0.5, 0.6) is 0 Å². The van der Waals surface area contributed by atoms with E-state index in [1.165, 1.54) is 6.20 Å². The van der Waals surface area contributed by atoms with Crippen LogP contribution in [0.1, 0.15) is 31.9 Å². The number of fused-ring (bicyclic) bond motifs is 1. The number of nitrogens with zero attached hydrogens (tertiary/aromatic N) is 4. The summed E-state index contributed by atoms with van der Waals surface area (Å²) in [4.78, 5) is 14.1. The summed E-state index contributed by atoms with van der Waals surface area (Å²) in [6.45, 7) is 8.01. The van der Waals surface area contributed by atoms with E-state index in [0.29, 0.717) is 11.3 Å². The quantitative estimate of drug-likeness (QED) is 0.320. The van der Waals surface area contributed by atoms with Crippen molar-refractivity contribution in [1.29, 1.82) is 0 Å². The highest BCUT2D eigenvalue weighted by Gasteiger charge is 2.30. The summed E-state index contributed by atoms with van der Waals surface area (Å²) in [6.07, 6.45) is 2.14. The zero-order chi connectivity index (χ0) is 22.6. The van der Waals surface area contributed by atoms with Crippen LogP contribution in [0, 0.1) is 6.92 Å². The highest BCUT2D eigenvalue weighted by molar-refractivity contribution is 7.99. The maximum absolute atomic E-state index is 13.0. The minimum absolute atomic E-state index is 0.238. The maximum Gasteiger partial charge on any atom is 0.416 e. The van der Waals surface area contributed by atoms with Crippen molar-refractivity contribution in [1.82, 2.24) is 19.4 Å². The molecule has 0 unspecified atom stereocenters. The molecule has 8 heteroatoms. The predicted molar refractivity (Wildman–Crippen MR) is 119 cm³/mol. The van der Waals surface area contributed by atoms with Crippen molar-refractivity contribution < 1.29 is 13.2 Å². The number of aryl methyl sites for hydroxylation is 1. The largest absolute Gasteiger partial charge is 0.416 e. The van der Waals surface area contributed by atoms with Gasteiger partial charge in [-0.3, -0.25) is 9.97 Å². The summed E-state index contributed by atoms with van der Waals surface area (Å²) >= 11 is 1.57. The molecule has 4 aromatic rings. The molecule has 4 rings (SSSR count). The van der Waals surface area contributed by atoms with Crippen molar-refractivity contribution in [2.24, 2.45) is 0 Å². The van der Waals surface area contributed by atoms with Crippen LogP contribution in [0.15, 0.2) is 60.0 Å². The highest BCUT2D eigenvalue weighted by Crippen LogP contribution is 2.35. The first-order chi connectivity index (χ1) is 14.8. The second kappa shape index (κ2) is 9.51. The Kier molecular flexibility index (Phi) is 7.00. The monoisotopic (exact) mass is 444 g/mol. The third-order valence-electron chi connectivity index (χ3n) is 4.39. The van der Waals surface area contributed by atoms with Crippen LogP contribution in [0.25, 0.3) is 28.3 Å². The van der Waals surface area contributed by atoms with Gasteiger partial charge in [-0.2, -0.15) is 13.2 Å². The van der Waals surface area contributed by atoms with E-state index in [1.54, 1.807) is 18.0 Å². The lowest BCUT2D eigenvalue weighted by Gasteiger charge is -2.10. The van der Waals surface area contributed by atoms with Crippen LogP contribution >= 0.6 is 11.8 Å². The lowest BCUT2D eigenvalue weighted by Crippen LogP contribution is -2.05. The first kappa shape index (κ1) is 22.8. The smallest absolute Gasteiger partial charge is 0.306 e. The molecule has 0 fully saturated rings. The van der Waals surface area contributed by atoms with Gasteiger partial charge >= 0.3 is 6.18 Å². The molecule has 0 aliphatic carbocycles. The molecular formula is C23H23F3N4S. The highest BCUT2D eigenvalue weighted by atomic mass is 32.2. The lowest BCUT2D eigenvalue weighted by atomic mass is 10.1. The Morgan fingerprint density at radius 1 is 1.03 bits per heavy atom. The Labute approximate surface area is 183 Å². The molecule has 0 amide bonds. The topological polar surface area (TPSA) is 43.1 Å². The Balaban J connectivity index is 0.00000132. The molecule has 0 radical (unpaired) electrons. The number of aromatic nitrogens is 4. The Morgan fingerprint density at radius 3 is 2.52 bits per heavy atom. The Bertz CT molecular complexity index is 1190. The lowest BCUT2D eigenvalue weighted by molar-refractivity contribution is -0.137. The maximum atomic E-state index is 13.0. The number of halogens is 3. The minimum atomic E-state index is -4.42. The summed E-state index contributed by atoms with van der Waals surface area (Å²) in [5.41, 5.74) is 3.39. The molecular weight excluding hydrogens is 421 g/mol. The van der Waals surface area contributed by atoms with Crippen LogP contribution in [-0.2, 0) is 6.18 Å². The molecule has 4 aromatic heterocycles. The van der Waals surface area contributed by atoms with Crippen LogP contribution in [0.3, 0.4) is 0 Å². The van der Waals surface area contributed by atoms with E-state index in [0.717, 1.165) is 39.7 Å². The van der Waals surface area contributed by atoms with Gasteiger partial charge in [-0.05, 0) is 48.6 Å². The normalized spacial score (nSPS) is 11.3. The second-order valence-corrected chi connectivity index (χ2v) is 7.83. The van der Waals surface area contributed by atoms with Gasteiger partial charge < -0.3 is 4.40 Å². The number of pyridine rings is 3. The number of hydrogen-bond donors (Lipinski definition) is 0. The van der Waals surface area contributed by atoms with Gasteiger partial charge in [0.1, 0.15) is 17.0 Å². The third-order valence-corrected chi connectivity index (χ3v) is 5.30. The van der Waals surface area contributed by atoms with Crippen LogP contribution in [0.2, 0.25) is 0 Å². The fourth-order valence-electron chi connectivity index (χ4n) is 3.01. The fraction of sp³-hybridized carbons (Fsp3) is 0.261. The number of hydrogen-bond acceptors (Lipinski definition) is 4. The SMILES string of the molecule is CC.CCSc1cc(-c2cc(C(F)(F)F)ccn2)cnc1-c1cn2ccc(C)cc2n1. The van der Waals surface area contributed by atoms with Gasteiger partial charge in [-0.25, -0.2) is 4.98 Å². The Hall–Kier alpha value is -2.87. The van der Waals surface area contributed by atoms with Crippen molar-refractivity contribution in [3.63, 3.8) is 0 Å². The average molecular weight is 445 g/mol. The second-order valence-electron chi connectivity index (χ2n) is 6.53. The number of alkyl halides is 3. The van der Waals surface area contributed by atoms with E-state index < -0.39 is 11.7 Å². The molecule has 0 spiro atoms. The molecule has 0 aliphatic rings. The van der Waals surface area contributed by atoms with Gasteiger partial charge in [0, 0.05) is 35.2 Å². The van der Waals surface area contributed by atoms with E-state index in [1.807, 2.05) is 62.7 Å². The van der Waals surface area contributed by atoms with Gasteiger partial charge in [0.05, 0.1) is 11.3 Å². The van der Waals surface area contributed by atoms with Crippen molar-refractivity contribution in [2.45, 2.75) is 38.8 Å². The average Bonchev–Trinajstić information content (AvgIpc) is 3.18. The first-order valence-corrected chi connectivity index (χ1v) is 11.0. The van der Waals surface area contributed by atoms with Gasteiger partial charge in [0.2, 0.25) is 0 Å². The van der Waals surface area contributed by atoms with Crippen LogP contribution in [0.4, 0.5) is 13.2 Å². The van der Waals surface area contributed by atoms with E-state index in [9.17, 15) is 13.2 Å². The summed E-state index contributed by atoms with van der Waals surface area (Å²) < 4.78 is 41.0. The van der Waals surface area contributed by atoms with Crippen molar-refractivity contribution in [3.05, 3.63) is 66.2 Å². The molecule has 31 heavy (non-hydrogen) atoms. The van der Waals surface area contributed by atoms with E-state index in [-0.39, 0.29) is 5.69 Å². The number of imidazole rings is 1.